The Kier molecular flexibility index (Phi) is 6.24. The highest BCUT2D eigenvalue weighted by atomic mass is 32.2. The smallest absolute Gasteiger partial charge is 0.326 e. The van der Waals surface area contributed by atoms with E-state index in [0.29, 0.717) is 24.3 Å². The third-order valence-electron chi connectivity index (χ3n) is 5.26. The molecular formula is C22H26N4O3S. The number of anilines is 2. The number of benzene rings is 1. The average Bonchev–Trinajstić information content (AvgIpc) is 3.25. The average molecular weight is 427 g/mol. The van der Waals surface area contributed by atoms with Crippen LogP contribution in [0.1, 0.15) is 34.5 Å². The number of carbonyl (C=O) groups is 2. The van der Waals surface area contributed by atoms with Crippen LogP contribution in [0.25, 0.3) is 0 Å². The molecule has 2 aliphatic heterocycles. The number of pyridine rings is 1. The topological polar surface area (TPSA) is 83.6 Å². The molecule has 0 radical (unpaired) electrons. The Morgan fingerprint density at radius 1 is 1.27 bits per heavy atom. The van der Waals surface area contributed by atoms with Gasteiger partial charge in [0, 0.05) is 42.4 Å². The number of urea groups is 1. The summed E-state index contributed by atoms with van der Waals surface area (Å²) in [5.74, 6) is 0.669. The van der Waals surface area contributed by atoms with Gasteiger partial charge in [-0.15, -0.1) is 11.8 Å². The number of hydrogen-bond acceptors (Lipinski definition) is 5. The first-order valence-corrected chi connectivity index (χ1v) is 11.2. The van der Waals surface area contributed by atoms with Crippen molar-refractivity contribution in [2.45, 2.75) is 37.8 Å². The van der Waals surface area contributed by atoms with E-state index < -0.39 is 0 Å². The molecule has 2 aromatic rings. The third kappa shape index (κ3) is 4.60. The van der Waals surface area contributed by atoms with Crippen LogP contribution in [0.3, 0.4) is 0 Å². The van der Waals surface area contributed by atoms with Gasteiger partial charge in [-0.1, -0.05) is 0 Å². The van der Waals surface area contributed by atoms with Crippen molar-refractivity contribution in [1.82, 2.24) is 10.3 Å². The molecule has 1 atom stereocenters. The second kappa shape index (κ2) is 9.06. The van der Waals surface area contributed by atoms with E-state index in [1.54, 1.807) is 40.9 Å². The first-order valence-electron chi connectivity index (χ1n) is 10.2. The SMILES string of the molecule is Cc1cc(C)c2c(n1)SCCN2C(=O)Nc1ccc(C(=O)NC[C@H]2CCCO2)cc1. The number of aryl methyl sites for hydroxylation is 2. The molecule has 7 nitrogen and oxygen atoms in total. The van der Waals surface area contributed by atoms with Crippen molar-refractivity contribution < 1.29 is 14.3 Å². The molecule has 2 aliphatic rings. The van der Waals surface area contributed by atoms with Gasteiger partial charge in [0.15, 0.2) is 0 Å². The molecule has 0 aliphatic carbocycles. The molecule has 4 rings (SSSR count). The number of hydrogen-bond donors (Lipinski definition) is 2. The fourth-order valence-corrected chi connectivity index (χ4v) is 4.87. The molecule has 0 bridgehead atoms. The predicted molar refractivity (Wildman–Crippen MR) is 119 cm³/mol. The molecule has 1 aromatic carbocycles. The summed E-state index contributed by atoms with van der Waals surface area (Å²) in [4.78, 5) is 31.6. The summed E-state index contributed by atoms with van der Waals surface area (Å²) in [6, 6.07) is 8.74. The summed E-state index contributed by atoms with van der Waals surface area (Å²) in [5, 5.41) is 6.74. The zero-order valence-corrected chi connectivity index (χ0v) is 18.1. The molecule has 8 heteroatoms. The van der Waals surface area contributed by atoms with Crippen molar-refractivity contribution in [2.75, 3.05) is 35.7 Å². The summed E-state index contributed by atoms with van der Waals surface area (Å²) in [7, 11) is 0. The van der Waals surface area contributed by atoms with Crippen LogP contribution in [0.5, 0.6) is 0 Å². The number of amides is 3. The zero-order chi connectivity index (χ0) is 21.1. The van der Waals surface area contributed by atoms with Crippen LogP contribution in [0.15, 0.2) is 35.4 Å². The van der Waals surface area contributed by atoms with Gasteiger partial charge < -0.3 is 15.4 Å². The van der Waals surface area contributed by atoms with Crippen LogP contribution >= 0.6 is 11.8 Å². The first-order chi connectivity index (χ1) is 14.5. The minimum atomic E-state index is -0.194. The summed E-state index contributed by atoms with van der Waals surface area (Å²) in [6.45, 7) is 5.88. The molecule has 1 aromatic heterocycles. The quantitative estimate of drug-likeness (QED) is 0.778. The minimum Gasteiger partial charge on any atom is -0.376 e. The number of thioether (sulfide) groups is 1. The van der Waals surface area contributed by atoms with Gasteiger partial charge in [0.25, 0.3) is 5.91 Å². The van der Waals surface area contributed by atoms with Gasteiger partial charge >= 0.3 is 6.03 Å². The maximum Gasteiger partial charge on any atom is 0.326 e. The van der Waals surface area contributed by atoms with Crippen LogP contribution in [0.2, 0.25) is 0 Å². The van der Waals surface area contributed by atoms with Crippen molar-refractivity contribution in [3.63, 3.8) is 0 Å². The van der Waals surface area contributed by atoms with Gasteiger partial charge in [-0.05, 0) is 62.6 Å². The highest BCUT2D eigenvalue weighted by molar-refractivity contribution is 7.99. The van der Waals surface area contributed by atoms with Crippen molar-refractivity contribution >= 4 is 35.1 Å². The third-order valence-corrected chi connectivity index (χ3v) is 6.21. The van der Waals surface area contributed by atoms with E-state index in [2.05, 4.69) is 15.6 Å². The number of carbonyl (C=O) groups excluding carboxylic acids is 2. The number of fused-ring (bicyclic) bond motifs is 1. The highest BCUT2D eigenvalue weighted by Gasteiger charge is 2.26. The molecule has 158 valence electrons. The Bertz CT molecular complexity index is 942. The zero-order valence-electron chi connectivity index (χ0n) is 17.2. The lowest BCUT2D eigenvalue weighted by Gasteiger charge is -2.30. The molecule has 3 heterocycles. The molecule has 0 saturated carbocycles. The van der Waals surface area contributed by atoms with Crippen LogP contribution in [0.4, 0.5) is 16.2 Å². The molecule has 0 spiro atoms. The molecule has 0 unspecified atom stereocenters. The van der Waals surface area contributed by atoms with E-state index in [0.717, 1.165) is 47.2 Å². The first kappa shape index (κ1) is 20.7. The molecule has 1 saturated heterocycles. The van der Waals surface area contributed by atoms with Crippen LogP contribution < -0.4 is 15.5 Å². The van der Waals surface area contributed by atoms with Crippen LogP contribution in [-0.4, -0.2) is 48.5 Å². The van der Waals surface area contributed by atoms with Gasteiger partial charge in [0.05, 0.1) is 11.8 Å². The number of rotatable bonds is 4. The Labute approximate surface area is 180 Å². The lowest BCUT2D eigenvalue weighted by Crippen LogP contribution is -2.39. The molecule has 2 N–H and O–H groups in total. The predicted octanol–water partition coefficient (Wildman–Crippen LogP) is 3.75. The summed E-state index contributed by atoms with van der Waals surface area (Å²) in [6.07, 6.45) is 2.14. The monoisotopic (exact) mass is 426 g/mol. The largest absolute Gasteiger partial charge is 0.376 e. The van der Waals surface area contributed by atoms with E-state index in [1.807, 2.05) is 19.9 Å². The van der Waals surface area contributed by atoms with E-state index >= 15 is 0 Å². The van der Waals surface area contributed by atoms with Crippen molar-refractivity contribution in [2.24, 2.45) is 0 Å². The van der Waals surface area contributed by atoms with E-state index in [9.17, 15) is 9.59 Å². The van der Waals surface area contributed by atoms with Crippen molar-refractivity contribution in [3.05, 3.63) is 47.2 Å². The van der Waals surface area contributed by atoms with Gasteiger partial charge in [0.1, 0.15) is 5.03 Å². The Morgan fingerprint density at radius 3 is 2.80 bits per heavy atom. The van der Waals surface area contributed by atoms with E-state index in [4.69, 9.17) is 4.74 Å². The number of aromatic nitrogens is 1. The minimum absolute atomic E-state index is 0.111. The van der Waals surface area contributed by atoms with Crippen molar-refractivity contribution in [3.8, 4) is 0 Å². The second-order valence-corrected chi connectivity index (χ2v) is 8.67. The van der Waals surface area contributed by atoms with Crippen molar-refractivity contribution in [1.29, 1.82) is 0 Å². The number of nitrogens with zero attached hydrogens (tertiary/aromatic N) is 2. The standard InChI is InChI=1S/C22H26N4O3S/c1-14-12-15(2)24-21-19(14)26(9-11-30-21)22(28)25-17-7-5-16(6-8-17)20(27)23-13-18-4-3-10-29-18/h5-8,12,18H,3-4,9-11,13H2,1-2H3,(H,23,27)(H,25,28)/t18-/m1/s1. The maximum atomic E-state index is 12.9. The van der Waals surface area contributed by atoms with Gasteiger partial charge in [-0.2, -0.15) is 0 Å². The van der Waals surface area contributed by atoms with E-state index in [1.165, 1.54) is 0 Å². The molecule has 3 amide bonds. The van der Waals surface area contributed by atoms with Gasteiger partial charge in [-0.3, -0.25) is 9.69 Å². The number of nitrogens with one attached hydrogen (secondary N) is 2. The Morgan fingerprint density at radius 2 is 2.07 bits per heavy atom. The molecular weight excluding hydrogens is 400 g/mol. The summed E-state index contributed by atoms with van der Waals surface area (Å²) >= 11 is 1.68. The Hall–Kier alpha value is -2.58. The normalized spacial score (nSPS) is 18.1. The van der Waals surface area contributed by atoms with Gasteiger partial charge in [0.2, 0.25) is 0 Å². The Balaban J connectivity index is 1.39. The van der Waals surface area contributed by atoms with Crippen LogP contribution in [0, 0.1) is 13.8 Å². The summed E-state index contributed by atoms with van der Waals surface area (Å²) < 4.78 is 5.53. The van der Waals surface area contributed by atoms with Crippen LogP contribution in [-0.2, 0) is 4.74 Å². The highest BCUT2D eigenvalue weighted by Crippen LogP contribution is 2.36. The molecule has 30 heavy (non-hydrogen) atoms. The van der Waals surface area contributed by atoms with E-state index in [-0.39, 0.29) is 18.0 Å². The lowest BCUT2D eigenvalue weighted by molar-refractivity contribution is 0.0858. The fourth-order valence-electron chi connectivity index (χ4n) is 3.78. The second-order valence-electron chi connectivity index (χ2n) is 7.59. The summed E-state index contributed by atoms with van der Waals surface area (Å²) in [5.41, 5.74) is 4.07. The fraction of sp³-hybridized carbons (Fsp3) is 0.409. The number of ether oxygens (including phenoxy) is 1. The molecule has 1 fully saturated rings. The maximum absolute atomic E-state index is 12.9. The lowest BCUT2D eigenvalue weighted by atomic mass is 10.2. The van der Waals surface area contributed by atoms with Gasteiger partial charge in [-0.25, -0.2) is 9.78 Å².